The average Bonchev–Trinajstić information content (AvgIpc) is 2.82. The van der Waals surface area contributed by atoms with Crippen molar-refractivity contribution in [2.75, 3.05) is 11.9 Å². The predicted molar refractivity (Wildman–Crippen MR) is 134 cm³/mol. The predicted octanol–water partition coefficient (Wildman–Crippen LogP) is 5.37. The molecule has 7 nitrogen and oxygen atoms in total. The Kier molecular flexibility index (Phi) is 8.90. The summed E-state index contributed by atoms with van der Waals surface area (Å²) in [6.45, 7) is 4.40. The molecule has 0 radical (unpaired) electrons. The van der Waals surface area contributed by atoms with Gasteiger partial charge in [-0.25, -0.2) is 5.43 Å². The minimum atomic E-state index is -0.883. The molecule has 0 unspecified atom stereocenters. The number of halogens is 2. The van der Waals surface area contributed by atoms with Crippen molar-refractivity contribution in [3.63, 3.8) is 0 Å². The number of ether oxygens (including phenoxy) is 2. The Hall–Kier alpha value is -3.55. The monoisotopic (exact) mass is 499 g/mol. The number of carbonyl (C=O) groups is 2. The number of aryl methyl sites for hydroxylation is 1. The van der Waals surface area contributed by atoms with E-state index >= 15 is 0 Å². The van der Waals surface area contributed by atoms with Gasteiger partial charge in [-0.2, -0.15) is 5.10 Å². The van der Waals surface area contributed by atoms with Crippen LogP contribution in [0.25, 0.3) is 0 Å². The van der Waals surface area contributed by atoms with Gasteiger partial charge in [-0.05, 0) is 66.9 Å². The van der Waals surface area contributed by atoms with E-state index in [1.54, 1.807) is 42.5 Å². The molecular formula is C25H23Cl2N3O4. The van der Waals surface area contributed by atoms with Gasteiger partial charge in [0.15, 0.2) is 11.5 Å². The summed E-state index contributed by atoms with van der Waals surface area (Å²) in [6, 6.07) is 17.6. The molecule has 176 valence electrons. The van der Waals surface area contributed by atoms with Gasteiger partial charge in [-0.3, -0.25) is 9.59 Å². The molecule has 0 fully saturated rings. The Morgan fingerprint density at radius 2 is 1.74 bits per heavy atom. The summed E-state index contributed by atoms with van der Waals surface area (Å²) in [7, 11) is 0. The van der Waals surface area contributed by atoms with Gasteiger partial charge >= 0.3 is 11.8 Å². The van der Waals surface area contributed by atoms with Gasteiger partial charge in [-0.1, -0.05) is 47.5 Å². The number of hydrogen-bond acceptors (Lipinski definition) is 5. The van der Waals surface area contributed by atoms with Crippen molar-refractivity contribution in [1.29, 1.82) is 0 Å². The fraction of sp³-hybridized carbons (Fsp3) is 0.160. The molecule has 0 heterocycles. The third kappa shape index (κ3) is 6.97. The van der Waals surface area contributed by atoms with Crippen molar-refractivity contribution in [1.82, 2.24) is 5.43 Å². The number of rotatable bonds is 8. The van der Waals surface area contributed by atoms with E-state index in [0.717, 1.165) is 11.1 Å². The summed E-state index contributed by atoms with van der Waals surface area (Å²) in [5.41, 5.74) is 5.12. The number of benzene rings is 3. The van der Waals surface area contributed by atoms with Crippen molar-refractivity contribution < 1.29 is 19.1 Å². The van der Waals surface area contributed by atoms with Crippen molar-refractivity contribution in [3.05, 3.63) is 87.4 Å². The standard InChI is InChI=1S/C25H23Cl2N3O4/c1-3-33-23-13-17(9-11-22(23)34-15-18-8-10-19(26)20(27)12-18)14-28-30-25(32)24(31)29-21-7-5-4-6-16(21)2/h4-14H,3,15H2,1-2H3,(H,29,31)(H,30,32)/b28-14-. The molecule has 9 heteroatoms. The van der Waals surface area contributed by atoms with Crippen LogP contribution in [0.5, 0.6) is 11.5 Å². The maximum atomic E-state index is 12.1. The molecular weight excluding hydrogens is 477 g/mol. The molecule has 0 aromatic heterocycles. The van der Waals surface area contributed by atoms with E-state index in [2.05, 4.69) is 15.8 Å². The molecule has 2 N–H and O–H groups in total. The molecule has 3 rings (SSSR count). The Balaban J connectivity index is 1.61. The van der Waals surface area contributed by atoms with E-state index in [9.17, 15) is 9.59 Å². The van der Waals surface area contributed by atoms with Crippen LogP contribution in [-0.4, -0.2) is 24.6 Å². The molecule has 0 aliphatic carbocycles. The molecule has 0 spiro atoms. The first kappa shape index (κ1) is 25.1. The van der Waals surface area contributed by atoms with Crippen LogP contribution in [0.4, 0.5) is 5.69 Å². The van der Waals surface area contributed by atoms with Crippen LogP contribution in [0.2, 0.25) is 10.0 Å². The second-order valence-electron chi connectivity index (χ2n) is 7.14. The number of para-hydroxylation sites is 1. The van der Waals surface area contributed by atoms with Crippen molar-refractivity contribution in [2.24, 2.45) is 5.10 Å². The first-order chi connectivity index (χ1) is 16.4. The van der Waals surface area contributed by atoms with E-state index in [4.69, 9.17) is 32.7 Å². The van der Waals surface area contributed by atoms with E-state index in [0.29, 0.717) is 39.4 Å². The molecule has 0 bridgehead atoms. The van der Waals surface area contributed by atoms with Crippen molar-refractivity contribution in [3.8, 4) is 11.5 Å². The Bertz CT molecular complexity index is 1210. The number of nitrogens with one attached hydrogen (secondary N) is 2. The third-order valence-electron chi connectivity index (χ3n) is 4.63. The molecule has 3 aromatic carbocycles. The highest BCUT2D eigenvalue weighted by Crippen LogP contribution is 2.30. The second-order valence-corrected chi connectivity index (χ2v) is 7.96. The molecule has 0 aliphatic rings. The SMILES string of the molecule is CCOc1cc(/C=N\NC(=O)C(=O)Nc2ccccc2C)ccc1OCc1ccc(Cl)c(Cl)c1. The number of anilines is 1. The first-order valence-electron chi connectivity index (χ1n) is 10.4. The van der Waals surface area contributed by atoms with E-state index in [1.807, 2.05) is 32.0 Å². The number of nitrogens with zero attached hydrogens (tertiary/aromatic N) is 1. The van der Waals surface area contributed by atoms with Crippen LogP contribution in [0.15, 0.2) is 65.8 Å². The number of hydrazone groups is 1. The van der Waals surface area contributed by atoms with E-state index in [1.165, 1.54) is 6.21 Å². The average molecular weight is 500 g/mol. The highest BCUT2D eigenvalue weighted by atomic mass is 35.5. The fourth-order valence-electron chi connectivity index (χ4n) is 2.89. The third-order valence-corrected chi connectivity index (χ3v) is 5.36. The highest BCUT2D eigenvalue weighted by molar-refractivity contribution is 6.42. The largest absolute Gasteiger partial charge is 0.490 e. The summed E-state index contributed by atoms with van der Waals surface area (Å²) in [6.07, 6.45) is 1.41. The fourth-order valence-corrected chi connectivity index (χ4v) is 3.21. The zero-order chi connectivity index (χ0) is 24.5. The van der Waals surface area contributed by atoms with Gasteiger partial charge in [0.05, 0.1) is 22.9 Å². The van der Waals surface area contributed by atoms with Gasteiger partial charge in [0.2, 0.25) is 0 Å². The molecule has 34 heavy (non-hydrogen) atoms. The van der Waals surface area contributed by atoms with Crippen LogP contribution in [0.3, 0.4) is 0 Å². The van der Waals surface area contributed by atoms with Gasteiger partial charge in [0.25, 0.3) is 0 Å². The topological polar surface area (TPSA) is 89.0 Å². The van der Waals surface area contributed by atoms with Gasteiger partial charge in [0.1, 0.15) is 6.61 Å². The smallest absolute Gasteiger partial charge is 0.329 e. The van der Waals surface area contributed by atoms with Gasteiger partial charge < -0.3 is 14.8 Å². The number of hydrogen-bond donors (Lipinski definition) is 2. The first-order valence-corrected chi connectivity index (χ1v) is 11.2. The van der Waals surface area contributed by atoms with Crippen LogP contribution in [0.1, 0.15) is 23.6 Å². The van der Waals surface area contributed by atoms with Crippen LogP contribution in [-0.2, 0) is 16.2 Å². The molecule has 0 atom stereocenters. The Morgan fingerprint density at radius 3 is 2.47 bits per heavy atom. The van der Waals surface area contributed by atoms with Crippen LogP contribution >= 0.6 is 23.2 Å². The summed E-state index contributed by atoms with van der Waals surface area (Å²) in [4.78, 5) is 24.1. The lowest BCUT2D eigenvalue weighted by molar-refractivity contribution is -0.136. The zero-order valence-corrected chi connectivity index (χ0v) is 20.1. The Labute approximate surface area is 207 Å². The van der Waals surface area contributed by atoms with E-state index in [-0.39, 0.29) is 6.61 Å². The van der Waals surface area contributed by atoms with Gasteiger partial charge in [0, 0.05) is 5.69 Å². The maximum Gasteiger partial charge on any atom is 0.329 e. The lowest BCUT2D eigenvalue weighted by Gasteiger charge is -2.13. The maximum absolute atomic E-state index is 12.1. The normalized spacial score (nSPS) is 10.7. The lowest BCUT2D eigenvalue weighted by atomic mass is 10.2. The highest BCUT2D eigenvalue weighted by Gasteiger charge is 2.14. The van der Waals surface area contributed by atoms with Crippen molar-refractivity contribution in [2.45, 2.75) is 20.5 Å². The zero-order valence-electron chi connectivity index (χ0n) is 18.6. The number of amides is 2. The molecule has 0 saturated heterocycles. The minimum absolute atomic E-state index is 0.274. The van der Waals surface area contributed by atoms with Crippen molar-refractivity contribution >= 4 is 46.9 Å². The summed E-state index contributed by atoms with van der Waals surface area (Å²) < 4.78 is 11.5. The lowest BCUT2D eigenvalue weighted by Crippen LogP contribution is -2.32. The summed E-state index contributed by atoms with van der Waals surface area (Å²) >= 11 is 12.0. The summed E-state index contributed by atoms with van der Waals surface area (Å²) in [5.74, 6) is -0.652. The summed E-state index contributed by atoms with van der Waals surface area (Å²) in [5, 5.41) is 7.34. The second kappa shape index (κ2) is 12.1. The van der Waals surface area contributed by atoms with Gasteiger partial charge in [-0.15, -0.1) is 0 Å². The molecule has 3 aromatic rings. The number of carbonyl (C=O) groups excluding carboxylic acids is 2. The minimum Gasteiger partial charge on any atom is -0.490 e. The quantitative estimate of drug-likeness (QED) is 0.247. The molecule has 2 amide bonds. The van der Waals surface area contributed by atoms with E-state index < -0.39 is 11.8 Å². The molecule has 0 aliphatic heterocycles. The molecule has 0 saturated carbocycles. The van der Waals surface area contributed by atoms with Crippen LogP contribution in [0, 0.1) is 6.92 Å². The Morgan fingerprint density at radius 1 is 0.941 bits per heavy atom. The van der Waals surface area contributed by atoms with Crippen LogP contribution < -0.4 is 20.2 Å².